The van der Waals surface area contributed by atoms with Gasteiger partial charge in [0, 0.05) is 17.2 Å². The molecule has 0 aromatic heterocycles. The number of nitro benzene ring substituents is 1. The topological polar surface area (TPSA) is 89.3 Å². The van der Waals surface area contributed by atoms with Gasteiger partial charge in [0.05, 0.1) is 11.3 Å². The van der Waals surface area contributed by atoms with E-state index in [4.69, 9.17) is 0 Å². The van der Waals surface area contributed by atoms with E-state index in [0.717, 1.165) is 0 Å². The molecule has 0 radical (unpaired) electrons. The molecule has 1 aliphatic rings. The lowest BCUT2D eigenvalue weighted by molar-refractivity contribution is -0.385. The zero-order chi connectivity index (χ0) is 13.3. The highest BCUT2D eigenvalue weighted by atomic mass is 16.6. The van der Waals surface area contributed by atoms with Crippen LogP contribution in [-0.2, 0) is 9.59 Å². The van der Waals surface area contributed by atoms with Crippen molar-refractivity contribution in [3.63, 3.8) is 0 Å². The standard InChI is InChI=1S/C12H10N2O4/c1-7-2-3-8(5-10(7)14(17)18)4-9-6-11(15)13-12(9)16/h2-5H,6H2,1H3,(H,13,15,16). The quantitative estimate of drug-likeness (QED) is 0.369. The highest BCUT2D eigenvalue weighted by molar-refractivity contribution is 6.15. The summed E-state index contributed by atoms with van der Waals surface area (Å²) in [7, 11) is 0. The van der Waals surface area contributed by atoms with E-state index in [1.165, 1.54) is 12.1 Å². The Hall–Kier alpha value is -2.50. The first-order valence-electron chi connectivity index (χ1n) is 5.27. The van der Waals surface area contributed by atoms with Gasteiger partial charge in [0.2, 0.25) is 5.91 Å². The number of hydrogen-bond acceptors (Lipinski definition) is 4. The van der Waals surface area contributed by atoms with Crippen LogP contribution in [0.1, 0.15) is 17.5 Å². The number of rotatable bonds is 2. The summed E-state index contributed by atoms with van der Waals surface area (Å²) in [5.41, 5.74) is 1.40. The fraction of sp³-hybridized carbons (Fsp3) is 0.167. The predicted octanol–water partition coefficient (Wildman–Crippen LogP) is 1.33. The van der Waals surface area contributed by atoms with Crippen molar-refractivity contribution < 1.29 is 14.5 Å². The molecular formula is C12H10N2O4. The second-order valence-electron chi connectivity index (χ2n) is 4.03. The van der Waals surface area contributed by atoms with Gasteiger partial charge >= 0.3 is 0 Å². The number of hydrogen-bond donors (Lipinski definition) is 1. The lowest BCUT2D eigenvalue weighted by atomic mass is 10.1. The van der Waals surface area contributed by atoms with Crippen molar-refractivity contribution >= 4 is 23.6 Å². The maximum Gasteiger partial charge on any atom is 0.272 e. The Bertz CT molecular complexity index is 590. The van der Waals surface area contributed by atoms with Crippen LogP contribution in [0.25, 0.3) is 6.08 Å². The highest BCUT2D eigenvalue weighted by Crippen LogP contribution is 2.22. The number of aryl methyl sites for hydroxylation is 1. The third kappa shape index (κ3) is 2.27. The summed E-state index contributed by atoms with van der Waals surface area (Å²) in [5.74, 6) is -0.795. The van der Waals surface area contributed by atoms with Crippen LogP contribution in [0.4, 0.5) is 5.69 Å². The Kier molecular flexibility index (Phi) is 2.93. The Balaban J connectivity index is 2.38. The summed E-state index contributed by atoms with van der Waals surface area (Å²) in [4.78, 5) is 32.6. The Morgan fingerprint density at radius 1 is 1.39 bits per heavy atom. The average molecular weight is 246 g/mol. The molecule has 1 N–H and O–H groups in total. The van der Waals surface area contributed by atoms with Gasteiger partial charge in [-0.1, -0.05) is 12.1 Å². The molecule has 0 aliphatic carbocycles. The summed E-state index contributed by atoms with van der Waals surface area (Å²) in [6.07, 6.45) is 1.51. The van der Waals surface area contributed by atoms with Crippen LogP contribution >= 0.6 is 0 Å². The molecule has 1 fully saturated rings. The van der Waals surface area contributed by atoms with E-state index in [0.29, 0.717) is 16.7 Å². The van der Waals surface area contributed by atoms with Crippen molar-refractivity contribution in [1.82, 2.24) is 5.32 Å². The molecule has 6 nitrogen and oxygen atoms in total. The van der Waals surface area contributed by atoms with E-state index in [1.807, 2.05) is 0 Å². The number of nitrogens with one attached hydrogen (secondary N) is 1. The van der Waals surface area contributed by atoms with Crippen LogP contribution < -0.4 is 5.32 Å². The maximum absolute atomic E-state index is 11.3. The van der Waals surface area contributed by atoms with Crippen molar-refractivity contribution in [2.45, 2.75) is 13.3 Å². The molecule has 1 aliphatic heterocycles. The minimum atomic E-state index is -0.475. The highest BCUT2D eigenvalue weighted by Gasteiger charge is 2.23. The number of nitrogens with zero attached hydrogens (tertiary/aromatic N) is 1. The van der Waals surface area contributed by atoms with Gasteiger partial charge in [-0.05, 0) is 18.6 Å². The van der Waals surface area contributed by atoms with Gasteiger partial charge in [-0.2, -0.15) is 0 Å². The predicted molar refractivity (Wildman–Crippen MR) is 63.6 cm³/mol. The fourth-order valence-electron chi connectivity index (χ4n) is 1.74. The number of imide groups is 1. The number of carbonyl (C=O) groups is 2. The van der Waals surface area contributed by atoms with Gasteiger partial charge in [0.15, 0.2) is 0 Å². The Morgan fingerprint density at radius 3 is 2.67 bits per heavy atom. The molecule has 18 heavy (non-hydrogen) atoms. The van der Waals surface area contributed by atoms with Crippen molar-refractivity contribution in [3.8, 4) is 0 Å². The fourth-order valence-corrected chi connectivity index (χ4v) is 1.74. The summed E-state index contributed by atoms with van der Waals surface area (Å²) in [6.45, 7) is 1.64. The summed E-state index contributed by atoms with van der Waals surface area (Å²) < 4.78 is 0. The molecule has 0 unspecified atom stereocenters. The monoisotopic (exact) mass is 246 g/mol. The molecule has 0 bridgehead atoms. The normalized spacial score (nSPS) is 17.1. The molecule has 6 heteroatoms. The third-order valence-electron chi connectivity index (χ3n) is 2.67. The smallest absolute Gasteiger partial charge is 0.272 e. The van der Waals surface area contributed by atoms with Crippen LogP contribution in [0, 0.1) is 17.0 Å². The minimum Gasteiger partial charge on any atom is -0.292 e. The molecule has 0 saturated carbocycles. The van der Waals surface area contributed by atoms with E-state index in [2.05, 4.69) is 5.32 Å². The second-order valence-corrected chi connectivity index (χ2v) is 4.03. The molecule has 1 saturated heterocycles. The largest absolute Gasteiger partial charge is 0.292 e. The molecule has 2 amide bonds. The van der Waals surface area contributed by atoms with Crippen molar-refractivity contribution in [3.05, 3.63) is 45.0 Å². The lowest BCUT2D eigenvalue weighted by Crippen LogP contribution is -2.19. The van der Waals surface area contributed by atoms with Crippen LogP contribution in [0.3, 0.4) is 0 Å². The maximum atomic E-state index is 11.3. The first kappa shape index (κ1) is 12.0. The van der Waals surface area contributed by atoms with Gasteiger partial charge in [0.25, 0.3) is 11.6 Å². The zero-order valence-electron chi connectivity index (χ0n) is 9.60. The zero-order valence-corrected chi connectivity index (χ0v) is 9.60. The minimum absolute atomic E-state index is 0.00548. The Morgan fingerprint density at radius 2 is 2.11 bits per heavy atom. The second kappa shape index (κ2) is 4.40. The summed E-state index contributed by atoms with van der Waals surface area (Å²) >= 11 is 0. The van der Waals surface area contributed by atoms with Crippen LogP contribution in [0.15, 0.2) is 23.8 Å². The summed E-state index contributed by atoms with van der Waals surface area (Å²) in [6, 6.07) is 4.67. The lowest BCUT2D eigenvalue weighted by Gasteiger charge is -1.99. The van der Waals surface area contributed by atoms with Gasteiger partial charge in [-0.25, -0.2) is 0 Å². The first-order valence-corrected chi connectivity index (χ1v) is 5.27. The number of nitro groups is 1. The van der Waals surface area contributed by atoms with Crippen molar-refractivity contribution in [1.29, 1.82) is 0 Å². The third-order valence-corrected chi connectivity index (χ3v) is 2.67. The van der Waals surface area contributed by atoms with Crippen LogP contribution in [0.2, 0.25) is 0 Å². The molecule has 0 spiro atoms. The number of carbonyl (C=O) groups excluding carboxylic acids is 2. The molecule has 0 atom stereocenters. The average Bonchev–Trinajstić information content (AvgIpc) is 2.60. The van der Waals surface area contributed by atoms with Crippen LogP contribution in [0.5, 0.6) is 0 Å². The molecular weight excluding hydrogens is 236 g/mol. The first-order chi connectivity index (χ1) is 8.47. The molecule has 1 aromatic carbocycles. The molecule has 1 aromatic rings. The van der Waals surface area contributed by atoms with E-state index in [1.54, 1.807) is 19.1 Å². The van der Waals surface area contributed by atoms with E-state index >= 15 is 0 Å². The van der Waals surface area contributed by atoms with E-state index in [-0.39, 0.29) is 18.0 Å². The van der Waals surface area contributed by atoms with Gasteiger partial charge < -0.3 is 0 Å². The molecule has 1 heterocycles. The summed E-state index contributed by atoms with van der Waals surface area (Å²) in [5, 5.41) is 12.9. The van der Waals surface area contributed by atoms with Gasteiger partial charge in [0.1, 0.15) is 0 Å². The van der Waals surface area contributed by atoms with E-state index in [9.17, 15) is 19.7 Å². The van der Waals surface area contributed by atoms with Gasteiger partial charge in [-0.15, -0.1) is 0 Å². The molecule has 92 valence electrons. The Labute approximate surface area is 102 Å². The van der Waals surface area contributed by atoms with Crippen LogP contribution in [-0.4, -0.2) is 16.7 Å². The van der Waals surface area contributed by atoms with E-state index < -0.39 is 10.8 Å². The molecule has 2 rings (SSSR count). The van der Waals surface area contributed by atoms with Crippen molar-refractivity contribution in [2.75, 3.05) is 0 Å². The number of benzene rings is 1. The van der Waals surface area contributed by atoms with Crippen molar-refractivity contribution in [2.24, 2.45) is 0 Å². The SMILES string of the molecule is Cc1ccc(C=C2CC(=O)NC2=O)cc1[N+](=O)[O-]. The number of amides is 2. The van der Waals surface area contributed by atoms with Gasteiger partial charge in [-0.3, -0.25) is 25.0 Å².